The average Bonchev–Trinajstić information content (AvgIpc) is 3.21. The summed E-state index contributed by atoms with van der Waals surface area (Å²) in [5.74, 6) is -3.08. The van der Waals surface area contributed by atoms with Crippen molar-refractivity contribution in [3.05, 3.63) is 35.9 Å². The third kappa shape index (κ3) is 6.34. The number of methoxy groups -OCH3 is 1. The lowest BCUT2D eigenvalue weighted by Gasteiger charge is -2.22. The molecule has 0 spiro atoms. The van der Waals surface area contributed by atoms with Gasteiger partial charge >= 0.3 is 11.9 Å². The summed E-state index contributed by atoms with van der Waals surface area (Å²) in [5, 5.41) is 17.1. The quantitative estimate of drug-likeness (QED) is 0.421. The topological polar surface area (TPSA) is 134 Å². The van der Waals surface area contributed by atoms with Crippen molar-refractivity contribution in [2.24, 2.45) is 0 Å². The molecule has 1 aromatic carbocycles. The molecule has 2 amide bonds. The number of benzene rings is 1. The second kappa shape index (κ2) is 10.4. The van der Waals surface area contributed by atoms with E-state index in [2.05, 4.69) is 16.0 Å². The van der Waals surface area contributed by atoms with E-state index in [0.717, 1.165) is 12.0 Å². The molecule has 9 nitrogen and oxygen atoms in total. The Morgan fingerprint density at radius 3 is 2.46 bits per heavy atom. The SMILES string of the molecule is COC(=O)[C@H](Cc1ccccc1)NC(=O)[C@H](CC(=O)O)NC(=O)[C@H]1CCCN1. The Balaban J connectivity index is 2.07. The summed E-state index contributed by atoms with van der Waals surface area (Å²) in [6.45, 7) is 0.690. The third-order valence-corrected chi connectivity index (χ3v) is 4.47. The van der Waals surface area contributed by atoms with Crippen LogP contribution in [0.1, 0.15) is 24.8 Å². The highest BCUT2D eigenvalue weighted by Crippen LogP contribution is 2.08. The molecule has 0 bridgehead atoms. The van der Waals surface area contributed by atoms with Crippen molar-refractivity contribution in [3.8, 4) is 0 Å². The second-order valence-electron chi connectivity index (χ2n) is 6.58. The Labute approximate surface area is 162 Å². The summed E-state index contributed by atoms with van der Waals surface area (Å²) in [6.07, 6.45) is 1.03. The van der Waals surface area contributed by atoms with Crippen LogP contribution in [-0.4, -0.2) is 60.6 Å². The fourth-order valence-electron chi connectivity index (χ4n) is 3.02. The van der Waals surface area contributed by atoms with Crippen LogP contribution >= 0.6 is 0 Å². The zero-order valence-electron chi connectivity index (χ0n) is 15.6. The molecular weight excluding hydrogens is 366 g/mol. The van der Waals surface area contributed by atoms with Crippen LogP contribution in [0.5, 0.6) is 0 Å². The molecule has 9 heteroatoms. The standard InChI is InChI=1S/C19H25N3O6/c1-28-19(27)15(10-12-6-3-2-4-7-12)22-18(26)14(11-16(23)24)21-17(25)13-8-5-9-20-13/h2-4,6-7,13-15,20H,5,8-11H2,1H3,(H,21,25)(H,22,26)(H,23,24)/t13-,14+,15+/m1/s1. The highest BCUT2D eigenvalue weighted by Gasteiger charge is 2.31. The van der Waals surface area contributed by atoms with Crippen LogP contribution in [0.2, 0.25) is 0 Å². The number of rotatable bonds is 9. The second-order valence-corrected chi connectivity index (χ2v) is 6.58. The molecule has 0 aliphatic carbocycles. The lowest BCUT2D eigenvalue weighted by Crippen LogP contribution is -2.55. The van der Waals surface area contributed by atoms with Crippen LogP contribution in [-0.2, 0) is 30.3 Å². The van der Waals surface area contributed by atoms with Crippen molar-refractivity contribution in [2.45, 2.75) is 43.8 Å². The molecule has 1 aliphatic heterocycles. The molecule has 1 aromatic rings. The van der Waals surface area contributed by atoms with Crippen LogP contribution in [0.4, 0.5) is 0 Å². The minimum Gasteiger partial charge on any atom is -0.481 e. The average molecular weight is 391 g/mol. The van der Waals surface area contributed by atoms with Gasteiger partial charge in [-0.2, -0.15) is 0 Å². The number of carboxylic acid groups (broad SMARTS) is 1. The van der Waals surface area contributed by atoms with Crippen molar-refractivity contribution >= 4 is 23.8 Å². The summed E-state index contributed by atoms with van der Waals surface area (Å²) < 4.78 is 4.74. The zero-order chi connectivity index (χ0) is 20.5. The van der Waals surface area contributed by atoms with E-state index < -0.39 is 48.3 Å². The Bertz CT molecular complexity index is 703. The highest BCUT2D eigenvalue weighted by molar-refractivity contribution is 5.94. The fraction of sp³-hybridized carbons (Fsp3) is 0.474. The number of amides is 2. The monoisotopic (exact) mass is 391 g/mol. The van der Waals surface area contributed by atoms with E-state index in [-0.39, 0.29) is 6.42 Å². The summed E-state index contributed by atoms with van der Waals surface area (Å²) in [4.78, 5) is 48.1. The Morgan fingerprint density at radius 2 is 1.89 bits per heavy atom. The molecule has 1 heterocycles. The predicted molar refractivity (Wildman–Crippen MR) is 99.3 cm³/mol. The van der Waals surface area contributed by atoms with Crippen LogP contribution in [0.25, 0.3) is 0 Å². The van der Waals surface area contributed by atoms with Gasteiger partial charge in [0.15, 0.2) is 0 Å². The number of aliphatic carboxylic acids is 1. The van der Waals surface area contributed by atoms with Crippen molar-refractivity contribution in [2.75, 3.05) is 13.7 Å². The molecule has 1 aliphatic rings. The zero-order valence-corrected chi connectivity index (χ0v) is 15.6. The fourth-order valence-corrected chi connectivity index (χ4v) is 3.02. The van der Waals surface area contributed by atoms with Gasteiger partial charge in [0.05, 0.1) is 19.6 Å². The minimum absolute atomic E-state index is 0.178. The Morgan fingerprint density at radius 1 is 1.18 bits per heavy atom. The molecule has 28 heavy (non-hydrogen) atoms. The van der Waals surface area contributed by atoms with Crippen molar-refractivity contribution < 1.29 is 29.0 Å². The maximum atomic E-state index is 12.6. The molecule has 0 aromatic heterocycles. The van der Waals surface area contributed by atoms with Crippen molar-refractivity contribution in [1.82, 2.24) is 16.0 Å². The smallest absolute Gasteiger partial charge is 0.328 e. The van der Waals surface area contributed by atoms with Gasteiger partial charge in [0.25, 0.3) is 0 Å². The van der Waals surface area contributed by atoms with Crippen molar-refractivity contribution in [3.63, 3.8) is 0 Å². The van der Waals surface area contributed by atoms with Crippen LogP contribution < -0.4 is 16.0 Å². The molecule has 2 rings (SSSR count). The van der Waals surface area contributed by atoms with Crippen LogP contribution in [0.15, 0.2) is 30.3 Å². The number of carboxylic acids is 1. The van der Waals surface area contributed by atoms with Gasteiger partial charge in [-0.25, -0.2) is 4.79 Å². The maximum absolute atomic E-state index is 12.6. The number of carbonyl (C=O) groups is 4. The van der Waals surface area contributed by atoms with Crippen LogP contribution in [0, 0.1) is 0 Å². The molecule has 1 saturated heterocycles. The summed E-state index contributed by atoms with van der Waals surface area (Å²) in [5.41, 5.74) is 0.798. The predicted octanol–water partition coefficient (Wildman–Crippen LogP) is -0.402. The number of carbonyl (C=O) groups excluding carboxylic acids is 3. The summed E-state index contributed by atoms with van der Waals surface area (Å²) in [6, 6.07) is 6.26. The number of hydrogen-bond donors (Lipinski definition) is 4. The van der Waals surface area contributed by atoms with Gasteiger partial charge in [0.2, 0.25) is 11.8 Å². The van der Waals surface area contributed by atoms with E-state index in [1.165, 1.54) is 7.11 Å². The molecule has 1 fully saturated rings. The van der Waals surface area contributed by atoms with Gasteiger partial charge < -0.3 is 25.8 Å². The summed E-state index contributed by atoms with van der Waals surface area (Å²) >= 11 is 0. The minimum atomic E-state index is -1.30. The molecule has 0 radical (unpaired) electrons. The van der Waals surface area contributed by atoms with E-state index in [9.17, 15) is 19.2 Å². The molecular formula is C19H25N3O6. The lowest BCUT2D eigenvalue weighted by atomic mass is 10.0. The normalized spacial score (nSPS) is 18.0. The van der Waals surface area contributed by atoms with E-state index >= 15 is 0 Å². The Kier molecular flexibility index (Phi) is 7.94. The van der Waals surface area contributed by atoms with Crippen molar-refractivity contribution in [1.29, 1.82) is 0 Å². The van der Waals surface area contributed by atoms with E-state index in [1.54, 1.807) is 24.3 Å². The molecule has 3 atom stereocenters. The third-order valence-electron chi connectivity index (χ3n) is 4.47. The van der Waals surface area contributed by atoms with Gasteiger partial charge in [-0.3, -0.25) is 14.4 Å². The first-order chi connectivity index (χ1) is 13.4. The first kappa shape index (κ1) is 21.4. The molecule has 4 N–H and O–H groups in total. The first-order valence-electron chi connectivity index (χ1n) is 9.08. The number of nitrogens with one attached hydrogen (secondary N) is 3. The van der Waals surface area contributed by atoms with Gasteiger partial charge in [-0.1, -0.05) is 30.3 Å². The van der Waals surface area contributed by atoms with Gasteiger partial charge in [-0.05, 0) is 24.9 Å². The molecule has 0 saturated carbocycles. The highest BCUT2D eigenvalue weighted by atomic mass is 16.5. The van der Waals surface area contributed by atoms with Gasteiger partial charge in [0, 0.05) is 6.42 Å². The van der Waals surface area contributed by atoms with E-state index in [1.807, 2.05) is 6.07 Å². The number of hydrogen-bond acceptors (Lipinski definition) is 6. The number of ether oxygens (including phenoxy) is 1. The van der Waals surface area contributed by atoms with Gasteiger partial charge in [0.1, 0.15) is 12.1 Å². The number of esters is 1. The molecule has 0 unspecified atom stereocenters. The summed E-state index contributed by atoms with van der Waals surface area (Å²) in [7, 11) is 1.20. The molecule has 152 valence electrons. The largest absolute Gasteiger partial charge is 0.481 e. The Hall–Kier alpha value is -2.94. The van der Waals surface area contributed by atoms with E-state index in [0.29, 0.717) is 13.0 Å². The van der Waals surface area contributed by atoms with Crippen LogP contribution in [0.3, 0.4) is 0 Å². The van der Waals surface area contributed by atoms with E-state index in [4.69, 9.17) is 9.84 Å². The maximum Gasteiger partial charge on any atom is 0.328 e. The lowest BCUT2D eigenvalue weighted by molar-refractivity contribution is -0.145. The first-order valence-corrected chi connectivity index (χ1v) is 9.08. The van der Waals surface area contributed by atoms with Gasteiger partial charge in [-0.15, -0.1) is 0 Å².